The molecule has 0 fully saturated rings. The molecule has 3 rings (SSSR count). The van der Waals surface area contributed by atoms with E-state index in [1.807, 2.05) is 12.1 Å². The van der Waals surface area contributed by atoms with Crippen LogP contribution in [0.4, 0.5) is 5.69 Å². The molecule has 0 bridgehead atoms. The normalized spacial score (nSPS) is 10.1. The van der Waals surface area contributed by atoms with E-state index in [0.717, 1.165) is 0 Å². The summed E-state index contributed by atoms with van der Waals surface area (Å²) in [6, 6.07) is 19.4. The zero-order chi connectivity index (χ0) is 19.8. The highest BCUT2D eigenvalue weighted by molar-refractivity contribution is 8.00. The van der Waals surface area contributed by atoms with Gasteiger partial charge in [-0.05, 0) is 42.5 Å². The zero-order valence-electron chi connectivity index (χ0n) is 14.8. The van der Waals surface area contributed by atoms with Gasteiger partial charge in [0, 0.05) is 10.6 Å². The van der Waals surface area contributed by atoms with E-state index in [0.29, 0.717) is 34.0 Å². The third-order valence-electron chi connectivity index (χ3n) is 3.77. The lowest BCUT2D eigenvalue weighted by atomic mass is 10.2. The number of anilines is 1. The fourth-order valence-corrected chi connectivity index (χ4v) is 3.31. The van der Waals surface area contributed by atoms with Crippen molar-refractivity contribution in [2.75, 3.05) is 11.1 Å². The van der Waals surface area contributed by atoms with Gasteiger partial charge in [0.15, 0.2) is 0 Å². The Labute approximate surface area is 166 Å². The summed E-state index contributed by atoms with van der Waals surface area (Å²) in [6.45, 7) is 0.292. The lowest BCUT2D eigenvalue weighted by molar-refractivity contribution is -0.113. The van der Waals surface area contributed by atoms with Crippen molar-refractivity contribution in [3.05, 3.63) is 83.8 Å². The Kier molecular flexibility index (Phi) is 6.50. The summed E-state index contributed by atoms with van der Waals surface area (Å²) >= 11 is 1.27. The Morgan fingerprint density at radius 1 is 1.07 bits per heavy atom. The van der Waals surface area contributed by atoms with Gasteiger partial charge in [0.2, 0.25) is 5.91 Å². The number of benzene rings is 2. The van der Waals surface area contributed by atoms with E-state index in [4.69, 9.17) is 9.68 Å². The molecule has 0 radical (unpaired) electrons. The van der Waals surface area contributed by atoms with Crippen molar-refractivity contribution in [3.63, 3.8) is 0 Å². The molecule has 2 aromatic carbocycles. The number of nitrogens with zero attached hydrogens (tertiary/aromatic N) is 1. The van der Waals surface area contributed by atoms with Crippen LogP contribution in [0.15, 0.2) is 76.2 Å². The van der Waals surface area contributed by atoms with Gasteiger partial charge in [-0.3, -0.25) is 9.59 Å². The van der Waals surface area contributed by atoms with E-state index in [-0.39, 0.29) is 17.6 Å². The van der Waals surface area contributed by atoms with Gasteiger partial charge >= 0.3 is 0 Å². The van der Waals surface area contributed by atoms with Gasteiger partial charge in [-0.25, -0.2) is 0 Å². The van der Waals surface area contributed by atoms with Crippen LogP contribution in [0.2, 0.25) is 0 Å². The van der Waals surface area contributed by atoms with Gasteiger partial charge < -0.3 is 15.1 Å². The molecule has 7 heteroatoms. The quantitative estimate of drug-likeness (QED) is 0.597. The van der Waals surface area contributed by atoms with Gasteiger partial charge in [-0.1, -0.05) is 18.2 Å². The van der Waals surface area contributed by atoms with Crippen LogP contribution >= 0.6 is 11.8 Å². The van der Waals surface area contributed by atoms with Gasteiger partial charge in [0.25, 0.3) is 5.91 Å². The predicted octanol–water partition coefficient (Wildman–Crippen LogP) is 3.81. The average Bonchev–Trinajstić information content (AvgIpc) is 3.24. The minimum Gasteiger partial charge on any atom is -0.467 e. The van der Waals surface area contributed by atoms with E-state index < -0.39 is 0 Å². The standard InChI is InChI=1S/C21H17N3O3S/c22-12-15-5-3-6-16(11-15)24-20(25)14-28-19-9-2-1-8-18(19)21(26)23-13-17-7-4-10-27-17/h1-11H,13-14H2,(H,23,26)(H,24,25). The predicted molar refractivity (Wildman–Crippen MR) is 107 cm³/mol. The number of furan rings is 1. The Bertz CT molecular complexity index is 1010. The summed E-state index contributed by atoms with van der Waals surface area (Å²) < 4.78 is 5.21. The molecule has 3 aromatic rings. The van der Waals surface area contributed by atoms with Crippen LogP contribution in [0.25, 0.3) is 0 Å². The van der Waals surface area contributed by atoms with Crippen molar-refractivity contribution in [1.82, 2.24) is 5.32 Å². The van der Waals surface area contributed by atoms with Crippen molar-refractivity contribution in [3.8, 4) is 6.07 Å². The molecule has 140 valence electrons. The smallest absolute Gasteiger partial charge is 0.252 e. The number of nitrogens with one attached hydrogen (secondary N) is 2. The summed E-state index contributed by atoms with van der Waals surface area (Å²) in [5.41, 5.74) is 1.54. The van der Waals surface area contributed by atoms with Crippen LogP contribution in [0, 0.1) is 11.3 Å². The average molecular weight is 391 g/mol. The van der Waals surface area contributed by atoms with Crippen LogP contribution in [-0.2, 0) is 11.3 Å². The Balaban J connectivity index is 1.59. The number of thioether (sulfide) groups is 1. The van der Waals surface area contributed by atoms with E-state index in [2.05, 4.69) is 10.6 Å². The lowest BCUT2D eigenvalue weighted by Gasteiger charge is -2.10. The number of carbonyl (C=O) groups excluding carboxylic acids is 2. The summed E-state index contributed by atoms with van der Waals surface area (Å²) in [7, 11) is 0. The second kappa shape index (κ2) is 9.44. The summed E-state index contributed by atoms with van der Waals surface area (Å²) in [4.78, 5) is 25.4. The minimum absolute atomic E-state index is 0.138. The molecule has 2 N–H and O–H groups in total. The van der Waals surface area contributed by atoms with Crippen molar-refractivity contribution >= 4 is 29.3 Å². The third kappa shape index (κ3) is 5.25. The lowest BCUT2D eigenvalue weighted by Crippen LogP contribution is -2.23. The Morgan fingerprint density at radius 3 is 2.71 bits per heavy atom. The fraction of sp³-hybridized carbons (Fsp3) is 0.0952. The number of carbonyl (C=O) groups is 2. The highest BCUT2D eigenvalue weighted by atomic mass is 32.2. The van der Waals surface area contributed by atoms with Gasteiger partial charge in [0.1, 0.15) is 5.76 Å². The molecular weight excluding hydrogens is 374 g/mol. The molecule has 0 aliphatic carbocycles. The molecule has 28 heavy (non-hydrogen) atoms. The highest BCUT2D eigenvalue weighted by Gasteiger charge is 2.13. The van der Waals surface area contributed by atoms with E-state index in [1.165, 1.54) is 11.8 Å². The second-order valence-corrected chi connectivity index (χ2v) is 6.80. The highest BCUT2D eigenvalue weighted by Crippen LogP contribution is 2.23. The minimum atomic E-state index is -0.235. The molecule has 0 atom stereocenters. The van der Waals surface area contributed by atoms with Crippen molar-refractivity contribution in [2.45, 2.75) is 11.4 Å². The molecule has 0 spiro atoms. The SMILES string of the molecule is N#Cc1cccc(NC(=O)CSc2ccccc2C(=O)NCc2ccco2)c1. The topological polar surface area (TPSA) is 95.1 Å². The number of hydrogen-bond donors (Lipinski definition) is 2. The van der Waals surface area contributed by atoms with Crippen molar-refractivity contribution in [1.29, 1.82) is 5.26 Å². The van der Waals surface area contributed by atoms with E-state index in [1.54, 1.807) is 60.9 Å². The maximum atomic E-state index is 12.5. The monoisotopic (exact) mass is 391 g/mol. The Hall–Kier alpha value is -3.50. The molecule has 1 aromatic heterocycles. The molecule has 0 unspecified atom stereocenters. The third-order valence-corrected chi connectivity index (χ3v) is 4.84. The second-order valence-electron chi connectivity index (χ2n) is 5.79. The maximum Gasteiger partial charge on any atom is 0.252 e. The molecular formula is C21H17N3O3S. The molecule has 0 saturated carbocycles. The fourth-order valence-electron chi connectivity index (χ4n) is 2.46. The van der Waals surface area contributed by atoms with Crippen LogP contribution in [0.1, 0.15) is 21.7 Å². The van der Waals surface area contributed by atoms with Crippen LogP contribution < -0.4 is 10.6 Å². The summed E-state index contributed by atoms with van der Waals surface area (Å²) in [5, 5.41) is 14.5. The molecule has 0 saturated heterocycles. The molecule has 6 nitrogen and oxygen atoms in total. The van der Waals surface area contributed by atoms with Crippen molar-refractivity contribution in [2.24, 2.45) is 0 Å². The van der Waals surface area contributed by atoms with Crippen molar-refractivity contribution < 1.29 is 14.0 Å². The molecule has 0 aliphatic heterocycles. The summed E-state index contributed by atoms with van der Waals surface area (Å²) in [5.74, 6) is 0.351. The van der Waals surface area contributed by atoms with E-state index >= 15 is 0 Å². The number of rotatable bonds is 7. The van der Waals surface area contributed by atoms with Crippen LogP contribution in [0.5, 0.6) is 0 Å². The van der Waals surface area contributed by atoms with E-state index in [9.17, 15) is 9.59 Å². The first-order valence-electron chi connectivity index (χ1n) is 8.48. The largest absolute Gasteiger partial charge is 0.467 e. The first-order chi connectivity index (χ1) is 13.7. The molecule has 1 heterocycles. The first kappa shape index (κ1) is 19.3. The molecule has 2 amide bonds. The number of amides is 2. The first-order valence-corrected chi connectivity index (χ1v) is 9.46. The van der Waals surface area contributed by atoms with Gasteiger partial charge in [-0.15, -0.1) is 11.8 Å². The number of nitriles is 1. The zero-order valence-corrected chi connectivity index (χ0v) is 15.7. The summed E-state index contributed by atoms with van der Waals surface area (Å²) in [6.07, 6.45) is 1.55. The van der Waals surface area contributed by atoms with Gasteiger partial charge in [0.05, 0.1) is 35.8 Å². The van der Waals surface area contributed by atoms with Crippen LogP contribution in [0.3, 0.4) is 0 Å². The molecule has 0 aliphatic rings. The van der Waals surface area contributed by atoms with Crippen LogP contribution in [-0.4, -0.2) is 17.6 Å². The Morgan fingerprint density at radius 2 is 1.93 bits per heavy atom. The number of hydrogen-bond acceptors (Lipinski definition) is 5. The van der Waals surface area contributed by atoms with Gasteiger partial charge in [-0.2, -0.15) is 5.26 Å². The maximum absolute atomic E-state index is 12.5.